The topological polar surface area (TPSA) is 97.4 Å². The van der Waals surface area contributed by atoms with E-state index in [0.29, 0.717) is 43.8 Å². The van der Waals surface area contributed by atoms with Crippen LogP contribution in [-0.4, -0.2) is 59.2 Å². The summed E-state index contributed by atoms with van der Waals surface area (Å²) >= 11 is 0. The van der Waals surface area contributed by atoms with Gasteiger partial charge in [-0.3, -0.25) is 14.4 Å². The van der Waals surface area contributed by atoms with E-state index in [1.165, 1.54) is 5.06 Å². The molecule has 0 spiro atoms. The maximum Gasteiger partial charge on any atom is 0.410 e. The van der Waals surface area contributed by atoms with Gasteiger partial charge >= 0.3 is 6.09 Å². The summed E-state index contributed by atoms with van der Waals surface area (Å²) in [6, 6.07) is 24.3. The van der Waals surface area contributed by atoms with Crippen LogP contribution in [0.25, 0.3) is 0 Å². The van der Waals surface area contributed by atoms with Gasteiger partial charge in [0.25, 0.3) is 5.91 Å². The predicted octanol–water partition coefficient (Wildman–Crippen LogP) is 6.77. The van der Waals surface area contributed by atoms with Crippen molar-refractivity contribution in [3.8, 4) is 11.5 Å². The molecule has 3 amide bonds. The number of aryl methyl sites for hydroxylation is 1. The lowest BCUT2D eigenvalue weighted by atomic mass is 10.1. The fourth-order valence-electron chi connectivity index (χ4n) is 4.23. The van der Waals surface area contributed by atoms with Crippen molar-refractivity contribution in [1.82, 2.24) is 15.3 Å². The molecule has 0 aliphatic rings. The highest BCUT2D eigenvalue weighted by atomic mass is 16.7. The van der Waals surface area contributed by atoms with Crippen LogP contribution in [0.15, 0.2) is 78.9 Å². The summed E-state index contributed by atoms with van der Waals surface area (Å²) in [5.41, 5.74) is 1.46. The van der Waals surface area contributed by atoms with Gasteiger partial charge in [-0.2, -0.15) is 0 Å². The van der Waals surface area contributed by atoms with Crippen molar-refractivity contribution in [3.63, 3.8) is 0 Å². The van der Waals surface area contributed by atoms with Crippen molar-refractivity contribution in [2.75, 3.05) is 19.6 Å². The molecule has 3 aromatic carbocycles. The van der Waals surface area contributed by atoms with Crippen molar-refractivity contribution in [2.45, 2.75) is 72.1 Å². The Labute approximate surface area is 261 Å². The second-order valence-electron chi connectivity index (χ2n) is 12.5. The van der Waals surface area contributed by atoms with Crippen LogP contribution in [-0.2, 0) is 27.3 Å². The van der Waals surface area contributed by atoms with Crippen LogP contribution in [0, 0.1) is 0 Å². The van der Waals surface area contributed by atoms with E-state index in [0.717, 1.165) is 23.3 Å². The highest BCUT2D eigenvalue weighted by Gasteiger charge is 2.22. The number of ether oxygens (including phenoxy) is 2. The zero-order chi connectivity index (χ0) is 32.2. The van der Waals surface area contributed by atoms with Gasteiger partial charge in [0, 0.05) is 25.2 Å². The monoisotopic (exact) mass is 603 g/mol. The van der Waals surface area contributed by atoms with E-state index in [-0.39, 0.29) is 12.5 Å². The number of carbonyl (C=O) groups is 3. The molecule has 0 fully saturated rings. The first-order valence-corrected chi connectivity index (χ1v) is 14.9. The Morgan fingerprint density at radius 3 is 1.98 bits per heavy atom. The number of amides is 3. The Balaban J connectivity index is 1.50. The molecule has 0 saturated carbocycles. The molecule has 0 saturated heterocycles. The number of hydrogen-bond donors (Lipinski definition) is 1. The van der Waals surface area contributed by atoms with Gasteiger partial charge in [0.1, 0.15) is 17.1 Å². The maximum atomic E-state index is 12.9. The van der Waals surface area contributed by atoms with E-state index in [4.69, 9.17) is 14.3 Å². The summed E-state index contributed by atoms with van der Waals surface area (Å²) < 4.78 is 11.4. The largest absolute Gasteiger partial charge is 0.457 e. The molecule has 44 heavy (non-hydrogen) atoms. The molecule has 0 aliphatic carbocycles. The molecule has 0 atom stereocenters. The van der Waals surface area contributed by atoms with Gasteiger partial charge in [-0.1, -0.05) is 42.5 Å². The highest BCUT2D eigenvalue weighted by molar-refractivity contribution is 5.94. The SMILES string of the molecule is CC(C)(C)OC(=O)N(CCCc1ccc(CN(C=O)OC(C)(C)C)cc1)CCNC(=O)c1ccc(Oc2ccccc2)cc1. The van der Waals surface area contributed by atoms with Gasteiger partial charge in [0.05, 0.1) is 12.1 Å². The number of carbonyl (C=O) groups excluding carboxylic acids is 3. The summed E-state index contributed by atoms with van der Waals surface area (Å²) in [4.78, 5) is 44.4. The van der Waals surface area contributed by atoms with Crippen molar-refractivity contribution in [2.24, 2.45) is 0 Å². The minimum Gasteiger partial charge on any atom is -0.457 e. The highest BCUT2D eigenvalue weighted by Crippen LogP contribution is 2.21. The Kier molecular flexibility index (Phi) is 12.3. The first-order chi connectivity index (χ1) is 20.8. The molecule has 9 nitrogen and oxygen atoms in total. The van der Waals surface area contributed by atoms with E-state index >= 15 is 0 Å². The fraction of sp³-hybridized carbons (Fsp3) is 0.400. The van der Waals surface area contributed by atoms with E-state index in [1.54, 1.807) is 29.2 Å². The molecule has 1 N–H and O–H groups in total. The number of rotatable bonds is 14. The van der Waals surface area contributed by atoms with Crippen LogP contribution >= 0.6 is 0 Å². The second kappa shape index (κ2) is 15.9. The second-order valence-corrected chi connectivity index (χ2v) is 12.5. The number of benzene rings is 3. The number of nitrogens with zero attached hydrogens (tertiary/aromatic N) is 2. The van der Waals surface area contributed by atoms with Crippen molar-refractivity contribution in [3.05, 3.63) is 95.6 Å². The quantitative estimate of drug-likeness (QED) is 0.161. The Hall–Kier alpha value is -4.37. The molecule has 9 heteroatoms. The zero-order valence-electron chi connectivity index (χ0n) is 26.7. The Morgan fingerprint density at radius 2 is 1.39 bits per heavy atom. The molecule has 0 unspecified atom stereocenters. The summed E-state index contributed by atoms with van der Waals surface area (Å²) in [5.74, 6) is 1.12. The summed E-state index contributed by atoms with van der Waals surface area (Å²) in [6.45, 7) is 12.6. The van der Waals surface area contributed by atoms with Crippen LogP contribution in [0.4, 0.5) is 4.79 Å². The minimum atomic E-state index is -0.635. The van der Waals surface area contributed by atoms with Gasteiger partial charge in [-0.25, -0.2) is 9.86 Å². The van der Waals surface area contributed by atoms with Gasteiger partial charge in [-0.05, 0) is 102 Å². The third-order valence-electron chi connectivity index (χ3n) is 6.18. The number of para-hydroxylation sites is 1. The van der Waals surface area contributed by atoms with Gasteiger partial charge in [0.15, 0.2) is 0 Å². The number of hydroxylamine groups is 2. The van der Waals surface area contributed by atoms with Gasteiger partial charge in [-0.15, -0.1) is 0 Å². The fourth-order valence-corrected chi connectivity index (χ4v) is 4.23. The molecule has 0 heterocycles. The molecule has 3 rings (SSSR count). The maximum absolute atomic E-state index is 12.9. The van der Waals surface area contributed by atoms with E-state index in [9.17, 15) is 14.4 Å². The molecule has 0 bridgehead atoms. The summed E-state index contributed by atoms with van der Waals surface area (Å²) in [6.07, 6.45) is 1.73. The van der Waals surface area contributed by atoms with Crippen molar-refractivity contribution >= 4 is 18.4 Å². The number of nitrogens with one attached hydrogen (secondary N) is 1. The normalized spacial score (nSPS) is 11.4. The lowest BCUT2D eigenvalue weighted by Gasteiger charge is -2.27. The predicted molar refractivity (Wildman–Crippen MR) is 170 cm³/mol. The smallest absolute Gasteiger partial charge is 0.410 e. The van der Waals surface area contributed by atoms with E-state index < -0.39 is 17.3 Å². The molecule has 3 aromatic rings. The summed E-state index contributed by atoms with van der Waals surface area (Å²) in [5, 5.41) is 4.19. The minimum absolute atomic E-state index is 0.235. The summed E-state index contributed by atoms with van der Waals surface area (Å²) in [7, 11) is 0. The zero-order valence-corrected chi connectivity index (χ0v) is 26.7. The molecule has 0 radical (unpaired) electrons. The van der Waals surface area contributed by atoms with Crippen LogP contribution in [0.3, 0.4) is 0 Å². The van der Waals surface area contributed by atoms with E-state index in [1.807, 2.05) is 96.1 Å². The molecule has 236 valence electrons. The average Bonchev–Trinajstić information content (AvgIpc) is 2.96. The third kappa shape index (κ3) is 12.5. The molecule has 0 aliphatic heterocycles. The van der Waals surface area contributed by atoms with Crippen LogP contribution < -0.4 is 10.1 Å². The standard InChI is InChI=1S/C35H45N3O6/c1-34(2,3)43-33(41)37(23-10-11-27-14-16-28(17-15-27)25-38(26-39)44-35(4,5)6)24-22-36-32(40)29-18-20-31(21-19-29)42-30-12-8-7-9-13-30/h7-9,12-21,26H,10-11,22-25H2,1-6H3,(H,36,40). The van der Waals surface area contributed by atoms with Crippen molar-refractivity contribution in [1.29, 1.82) is 0 Å². The van der Waals surface area contributed by atoms with Gasteiger partial charge in [0.2, 0.25) is 6.41 Å². The number of hydrogen-bond acceptors (Lipinski definition) is 6. The van der Waals surface area contributed by atoms with Crippen molar-refractivity contribution < 1.29 is 28.7 Å². The van der Waals surface area contributed by atoms with Crippen LogP contribution in [0.2, 0.25) is 0 Å². The van der Waals surface area contributed by atoms with E-state index in [2.05, 4.69) is 5.32 Å². The Bertz CT molecular complexity index is 1330. The van der Waals surface area contributed by atoms with Crippen LogP contribution in [0.5, 0.6) is 11.5 Å². The molecule has 0 aromatic heterocycles. The van der Waals surface area contributed by atoms with Crippen LogP contribution in [0.1, 0.15) is 69.4 Å². The first-order valence-electron chi connectivity index (χ1n) is 14.9. The third-order valence-corrected chi connectivity index (χ3v) is 6.18. The molecular weight excluding hydrogens is 558 g/mol. The lowest BCUT2D eigenvalue weighted by Crippen LogP contribution is -2.42. The Morgan fingerprint density at radius 1 is 0.773 bits per heavy atom. The average molecular weight is 604 g/mol. The van der Waals surface area contributed by atoms with Gasteiger partial charge < -0.3 is 19.7 Å². The first kappa shape index (κ1) is 34.1. The lowest BCUT2D eigenvalue weighted by molar-refractivity contribution is -0.220. The molecular formula is C35H45N3O6.